The number of aromatic nitrogens is 2. The lowest BCUT2D eigenvalue weighted by Gasteiger charge is -2.02. The van der Waals surface area contributed by atoms with E-state index in [1.807, 2.05) is 36.4 Å². The van der Waals surface area contributed by atoms with E-state index in [-0.39, 0.29) is 0 Å². The zero-order chi connectivity index (χ0) is 16.1. The highest BCUT2D eigenvalue weighted by atomic mass is 35.5. The van der Waals surface area contributed by atoms with E-state index < -0.39 is 12.1 Å². The Morgan fingerprint density at radius 1 is 1.45 bits per heavy atom. The van der Waals surface area contributed by atoms with Crippen molar-refractivity contribution < 1.29 is 9.53 Å². The molecular formula is C16H14ClN3O2. The van der Waals surface area contributed by atoms with Gasteiger partial charge in [0, 0.05) is 11.6 Å². The van der Waals surface area contributed by atoms with E-state index >= 15 is 0 Å². The molecule has 0 saturated carbocycles. The van der Waals surface area contributed by atoms with Crippen molar-refractivity contribution in [2.75, 3.05) is 0 Å². The number of ether oxygens (including phenoxy) is 1. The summed E-state index contributed by atoms with van der Waals surface area (Å²) in [5.41, 5.74) is 2.15. The topological polar surface area (TPSA) is 67.9 Å². The quantitative estimate of drug-likeness (QED) is 0.641. The zero-order valence-electron chi connectivity index (χ0n) is 12.2. The first-order valence-corrected chi connectivity index (χ1v) is 6.99. The van der Waals surface area contributed by atoms with Crippen LogP contribution in [0.25, 0.3) is 11.8 Å². The Morgan fingerprint density at radius 3 is 2.77 bits per heavy atom. The molecule has 112 valence electrons. The molecule has 2 rings (SSSR count). The molecule has 1 aromatic carbocycles. The smallest absolute Gasteiger partial charge is 0.332 e. The fourth-order valence-electron chi connectivity index (χ4n) is 1.83. The molecule has 5 nitrogen and oxygen atoms in total. The minimum Gasteiger partial charge on any atom is -0.444 e. The van der Waals surface area contributed by atoms with Crippen LogP contribution in [-0.2, 0) is 9.53 Å². The number of carbonyl (C=O) groups excluding carboxylic acids is 1. The minimum absolute atomic E-state index is 0.404. The summed E-state index contributed by atoms with van der Waals surface area (Å²) in [6.45, 7) is 3.30. The van der Waals surface area contributed by atoms with Crippen molar-refractivity contribution in [1.29, 1.82) is 5.26 Å². The Hall–Kier alpha value is -2.58. The van der Waals surface area contributed by atoms with Crippen LogP contribution in [0.2, 0.25) is 5.15 Å². The summed E-state index contributed by atoms with van der Waals surface area (Å²) in [6.07, 6.45) is 1.98. The number of hydrogen-bond donors (Lipinski definition) is 0. The van der Waals surface area contributed by atoms with Gasteiger partial charge in [-0.1, -0.05) is 29.8 Å². The van der Waals surface area contributed by atoms with Crippen LogP contribution >= 0.6 is 11.6 Å². The van der Waals surface area contributed by atoms with Gasteiger partial charge in [0.15, 0.2) is 6.10 Å². The maximum atomic E-state index is 11.6. The highest BCUT2D eigenvalue weighted by Gasteiger charge is 2.13. The van der Waals surface area contributed by atoms with Crippen molar-refractivity contribution in [1.82, 2.24) is 9.78 Å². The van der Waals surface area contributed by atoms with Crippen LogP contribution in [0.5, 0.6) is 0 Å². The molecule has 1 atom stereocenters. The molecule has 0 bridgehead atoms. The molecule has 0 N–H and O–H groups in total. The third kappa shape index (κ3) is 3.54. The Bertz CT molecular complexity index is 745. The fraction of sp³-hybridized carbons (Fsp3) is 0.188. The van der Waals surface area contributed by atoms with Crippen LogP contribution in [-0.4, -0.2) is 21.9 Å². The predicted molar refractivity (Wildman–Crippen MR) is 83.5 cm³/mol. The van der Waals surface area contributed by atoms with Crippen molar-refractivity contribution in [3.05, 3.63) is 52.8 Å². The summed E-state index contributed by atoms with van der Waals surface area (Å²) in [5, 5.41) is 13.4. The van der Waals surface area contributed by atoms with Crippen LogP contribution in [0.4, 0.5) is 0 Å². The number of nitriles is 1. The molecule has 0 aliphatic heterocycles. The van der Waals surface area contributed by atoms with Crippen LogP contribution in [0, 0.1) is 18.3 Å². The van der Waals surface area contributed by atoms with Crippen LogP contribution < -0.4 is 0 Å². The molecule has 0 aliphatic carbocycles. The number of nitrogens with zero attached hydrogens (tertiary/aromatic N) is 3. The van der Waals surface area contributed by atoms with Gasteiger partial charge in [-0.2, -0.15) is 10.4 Å². The average molecular weight is 316 g/mol. The maximum Gasteiger partial charge on any atom is 0.332 e. The molecule has 0 fully saturated rings. The van der Waals surface area contributed by atoms with Gasteiger partial charge < -0.3 is 4.74 Å². The Morgan fingerprint density at radius 2 is 2.14 bits per heavy atom. The first-order valence-electron chi connectivity index (χ1n) is 6.61. The maximum absolute atomic E-state index is 11.6. The zero-order valence-corrected chi connectivity index (χ0v) is 12.9. The van der Waals surface area contributed by atoms with E-state index in [9.17, 15) is 4.79 Å². The molecule has 0 unspecified atom stereocenters. The first-order chi connectivity index (χ1) is 10.5. The van der Waals surface area contributed by atoms with E-state index in [1.54, 1.807) is 11.6 Å². The second kappa shape index (κ2) is 6.92. The van der Waals surface area contributed by atoms with Crippen LogP contribution in [0.1, 0.15) is 18.2 Å². The minimum atomic E-state index is -0.791. The van der Waals surface area contributed by atoms with Crippen molar-refractivity contribution in [3.63, 3.8) is 0 Å². The molecule has 0 amide bonds. The third-order valence-electron chi connectivity index (χ3n) is 2.91. The molecule has 0 aliphatic rings. The molecular weight excluding hydrogens is 302 g/mol. The molecule has 6 heteroatoms. The lowest BCUT2D eigenvalue weighted by atomic mass is 10.2. The van der Waals surface area contributed by atoms with Gasteiger partial charge in [0.25, 0.3) is 0 Å². The number of aryl methyl sites for hydroxylation is 1. The second-order valence-electron chi connectivity index (χ2n) is 4.58. The van der Waals surface area contributed by atoms with Crippen LogP contribution in [0.15, 0.2) is 36.4 Å². The van der Waals surface area contributed by atoms with E-state index in [4.69, 9.17) is 21.6 Å². The Labute approximate surface area is 133 Å². The SMILES string of the molecule is Cc1nn(-c2ccccc2)c(Cl)c1/C=C/C(=O)O[C@@H](C)C#N. The summed E-state index contributed by atoms with van der Waals surface area (Å²) in [7, 11) is 0. The number of para-hydroxylation sites is 1. The lowest BCUT2D eigenvalue weighted by molar-refractivity contribution is -0.139. The highest BCUT2D eigenvalue weighted by Crippen LogP contribution is 2.24. The number of esters is 1. The predicted octanol–water partition coefficient (Wildman–Crippen LogP) is 3.30. The molecule has 2 aromatic rings. The lowest BCUT2D eigenvalue weighted by Crippen LogP contribution is -2.10. The summed E-state index contributed by atoms with van der Waals surface area (Å²) in [5.74, 6) is -0.600. The molecule has 0 saturated heterocycles. The van der Waals surface area contributed by atoms with E-state index in [0.717, 1.165) is 5.69 Å². The molecule has 0 spiro atoms. The normalized spacial score (nSPS) is 12.1. The van der Waals surface area contributed by atoms with E-state index in [1.165, 1.54) is 19.1 Å². The molecule has 0 radical (unpaired) electrons. The standard InChI is InChI=1S/C16H14ClN3O2/c1-11(10-18)22-15(21)9-8-14-12(2)19-20(16(14)17)13-6-4-3-5-7-13/h3-9,11H,1-2H3/b9-8+/t11-/m0/s1. The first kappa shape index (κ1) is 15.8. The largest absolute Gasteiger partial charge is 0.444 e. The van der Waals surface area contributed by atoms with Gasteiger partial charge in [0.2, 0.25) is 0 Å². The monoisotopic (exact) mass is 315 g/mol. The van der Waals surface area contributed by atoms with Crippen LogP contribution in [0.3, 0.4) is 0 Å². The number of rotatable bonds is 4. The Kier molecular flexibility index (Phi) is 4.97. The van der Waals surface area contributed by atoms with Crippen molar-refractivity contribution >= 4 is 23.6 Å². The van der Waals surface area contributed by atoms with Gasteiger partial charge in [-0.3, -0.25) is 0 Å². The van der Waals surface area contributed by atoms with E-state index in [0.29, 0.717) is 16.4 Å². The summed E-state index contributed by atoms with van der Waals surface area (Å²) < 4.78 is 6.43. The van der Waals surface area contributed by atoms with Gasteiger partial charge >= 0.3 is 5.97 Å². The molecule has 22 heavy (non-hydrogen) atoms. The van der Waals surface area contributed by atoms with Crippen molar-refractivity contribution in [3.8, 4) is 11.8 Å². The van der Waals surface area contributed by atoms with Gasteiger partial charge in [0.1, 0.15) is 11.2 Å². The third-order valence-corrected chi connectivity index (χ3v) is 3.27. The summed E-state index contributed by atoms with van der Waals surface area (Å²) >= 11 is 6.33. The van der Waals surface area contributed by atoms with Gasteiger partial charge in [0.05, 0.1) is 11.4 Å². The van der Waals surface area contributed by atoms with Gasteiger partial charge in [-0.15, -0.1) is 0 Å². The number of carbonyl (C=O) groups is 1. The fourth-order valence-corrected chi connectivity index (χ4v) is 2.17. The van der Waals surface area contributed by atoms with Crippen molar-refractivity contribution in [2.24, 2.45) is 0 Å². The summed E-state index contributed by atoms with van der Waals surface area (Å²) in [4.78, 5) is 11.6. The van der Waals surface area contributed by atoms with Gasteiger partial charge in [-0.25, -0.2) is 9.48 Å². The van der Waals surface area contributed by atoms with E-state index in [2.05, 4.69) is 5.10 Å². The van der Waals surface area contributed by atoms with Gasteiger partial charge in [-0.05, 0) is 32.1 Å². The second-order valence-corrected chi connectivity index (χ2v) is 4.94. The number of benzene rings is 1. The Balaban J connectivity index is 2.25. The highest BCUT2D eigenvalue weighted by molar-refractivity contribution is 6.31. The average Bonchev–Trinajstić information content (AvgIpc) is 2.80. The van der Waals surface area contributed by atoms with Crippen molar-refractivity contribution in [2.45, 2.75) is 20.0 Å². The summed E-state index contributed by atoms with van der Waals surface area (Å²) in [6, 6.07) is 11.3. The number of hydrogen-bond acceptors (Lipinski definition) is 4. The molecule has 1 aromatic heterocycles. The molecule has 1 heterocycles. The number of halogens is 1.